The van der Waals surface area contributed by atoms with Crippen molar-refractivity contribution in [2.24, 2.45) is 0 Å². The van der Waals surface area contributed by atoms with Gasteiger partial charge in [-0.25, -0.2) is 0 Å². The van der Waals surface area contributed by atoms with Gasteiger partial charge in [-0.05, 0) is 37.3 Å². The van der Waals surface area contributed by atoms with Crippen LogP contribution in [0.1, 0.15) is 25.7 Å². The van der Waals surface area contributed by atoms with E-state index in [-0.39, 0.29) is 6.29 Å². The quantitative estimate of drug-likeness (QED) is 0.464. The zero-order valence-corrected chi connectivity index (χ0v) is 8.29. The summed E-state index contributed by atoms with van der Waals surface area (Å²) in [4.78, 5) is 0. The van der Waals surface area contributed by atoms with E-state index in [0.29, 0.717) is 0 Å². The zero-order chi connectivity index (χ0) is 9.52. The Morgan fingerprint density at radius 2 is 2.54 bits per heavy atom. The van der Waals surface area contributed by atoms with Crippen LogP contribution >= 0.6 is 0 Å². The third-order valence-electron chi connectivity index (χ3n) is 2.19. The minimum atomic E-state index is -0.102. The summed E-state index contributed by atoms with van der Waals surface area (Å²) in [6.07, 6.45) is 8.63. The number of rotatable bonds is 6. The van der Waals surface area contributed by atoms with E-state index in [4.69, 9.17) is 9.47 Å². The number of hydrogen-bond donors (Lipinski definition) is 0. The van der Waals surface area contributed by atoms with Gasteiger partial charge in [0.1, 0.15) is 0 Å². The molecular formula is C11H18O2. The Labute approximate surface area is 80.2 Å². The molecule has 2 nitrogen and oxygen atoms in total. The lowest BCUT2D eigenvalue weighted by Gasteiger charge is -2.02. The van der Waals surface area contributed by atoms with Crippen LogP contribution in [0.3, 0.4) is 0 Å². The minimum Gasteiger partial charge on any atom is -0.352 e. The molecule has 0 saturated carbocycles. The first-order valence-electron chi connectivity index (χ1n) is 4.81. The summed E-state index contributed by atoms with van der Waals surface area (Å²) in [6, 6.07) is 0. The Bertz CT molecular complexity index is 185. The predicted octanol–water partition coefficient (Wildman–Crippen LogP) is 2.66. The highest BCUT2D eigenvalue weighted by Crippen LogP contribution is 2.18. The number of hydrogen-bond acceptors (Lipinski definition) is 2. The Balaban J connectivity index is 2.11. The van der Waals surface area contributed by atoms with E-state index >= 15 is 0 Å². The van der Waals surface area contributed by atoms with Gasteiger partial charge in [0.2, 0.25) is 0 Å². The average molecular weight is 182 g/mol. The smallest absolute Gasteiger partial charge is 0.177 e. The van der Waals surface area contributed by atoms with Gasteiger partial charge in [-0.15, -0.1) is 6.58 Å². The Hall–Kier alpha value is -0.600. The standard InChI is InChI=1S/C11H18O2/c1-3-4-5-6-7-10-8-11(12-2)13-9-10/h3,8,11H,1,4-7,9H2,2H3. The SMILES string of the molecule is C=CCCCCC1=CC(OC)OC1. The van der Waals surface area contributed by atoms with E-state index in [0.717, 1.165) is 19.4 Å². The number of allylic oxidation sites excluding steroid dienone is 1. The molecule has 1 unspecified atom stereocenters. The van der Waals surface area contributed by atoms with Gasteiger partial charge < -0.3 is 9.47 Å². The molecule has 0 aromatic carbocycles. The van der Waals surface area contributed by atoms with Gasteiger partial charge in [0, 0.05) is 7.11 Å². The number of unbranched alkanes of at least 4 members (excludes halogenated alkanes) is 2. The largest absolute Gasteiger partial charge is 0.352 e. The highest BCUT2D eigenvalue weighted by atomic mass is 16.7. The summed E-state index contributed by atoms with van der Waals surface area (Å²) in [5.74, 6) is 0. The van der Waals surface area contributed by atoms with Crippen molar-refractivity contribution >= 4 is 0 Å². The van der Waals surface area contributed by atoms with Crippen LogP contribution < -0.4 is 0 Å². The van der Waals surface area contributed by atoms with Gasteiger partial charge in [-0.3, -0.25) is 0 Å². The molecule has 0 spiro atoms. The fourth-order valence-corrected chi connectivity index (χ4v) is 1.41. The summed E-state index contributed by atoms with van der Waals surface area (Å²) in [5, 5.41) is 0. The number of ether oxygens (including phenoxy) is 2. The molecule has 0 fully saturated rings. The van der Waals surface area contributed by atoms with Crippen LogP contribution in [-0.2, 0) is 9.47 Å². The first kappa shape index (κ1) is 10.5. The van der Waals surface area contributed by atoms with Crippen LogP contribution in [0.15, 0.2) is 24.3 Å². The van der Waals surface area contributed by atoms with Crippen LogP contribution in [0.25, 0.3) is 0 Å². The lowest BCUT2D eigenvalue weighted by molar-refractivity contribution is -0.0692. The van der Waals surface area contributed by atoms with E-state index in [2.05, 4.69) is 12.7 Å². The van der Waals surface area contributed by atoms with E-state index in [1.54, 1.807) is 7.11 Å². The molecule has 1 aliphatic heterocycles. The maximum absolute atomic E-state index is 5.34. The molecule has 0 aliphatic carbocycles. The zero-order valence-electron chi connectivity index (χ0n) is 8.29. The second kappa shape index (κ2) is 5.95. The van der Waals surface area contributed by atoms with Crippen molar-refractivity contribution in [3.8, 4) is 0 Å². The molecule has 1 aliphatic rings. The van der Waals surface area contributed by atoms with Crippen LogP contribution in [0.2, 0.25) is 0 Å². The highest BCUT2D eigenvalue weighted by molar-refractivity contribution is 5.08. The van der Waals surface area contributed by atoms with E-state index < -0.39 is 0 Å². The van der Waals surface area contributed by atoms with E-state index in [1.165, 1.54) is 18.4 Å². The van der Waals surface area contributed by atoms with Crippen LogP contribution in [0, 0.1) is 0 Å². The van der Waals surface area contributed by atoms with Crippen molar-refractivity contribution in [2.75, 3.05) is 13.7 Å². The Morgan fingerprint density at radius 1 is 1.69 bits per heavy atom. The molecule has 0 amide bonds. The lowest BCUT2D eigenvalue weighted by Crippen LogP contribution is -2.05. The summed E-state index contributed by atoms with van der Waals surface area (Å²) in [7, 11) is 1.67. The van der Waals surface area contributed by atoms with E-state index in [9.17, 15) is 0 Å². The molecule has 0 radical (unpaired) electrons. The molecule has 0 aromatic heterocycles. The Morgan fingerprint density at radius 3 is 3.15 bits per heavy atom. The van der Waals surface area contributed by atoms with Crippen LogP contribution in [0.4, 0.5) is 0 Å². The molecule has 0 bridgehead atoms. The van der Waals surface area contributed by atoms with Crippen molar-refractivity contribution in [2.45, 2.75) is 32.0 Å². The highest BCUT2D eigenvalue weighted by Gasteiger charge is 2.13. The van der Waals surface area contributed by atoms with Gasteiger partial charge in [0.05, 0.1) is 6.61 Å². The minimum absolute atomic E-state index is 0.102. The van der Waals surface area contributed by atoms with Crippen molar-refractivity contribution in [3.05, 3.63) is 24.3 Å². The normalized spacial score (nSPS) is 21.6. The third kappa shape index (κ3) is 3.75. The fraction of sp³-hybridized carbons (Fsp3) is 0.636. The molecule has 1 heterocycles. The van der Waals surface area contributed by atoms with E-state index in [1.807, 2.05) is 6.08 Å². The van der Waals surface area contributed by atoms with Crippen molar-refractivity contribution in [1.29, 1.82) is 0 Å². The second-order valence-corrected chi connectivity index (χ2v) is 3.27. The molecular weight excluding hydrogens is 164 g/mol. The lowest BCUT2D eigenvalue weighted by atomic mass is 10.1. The number of methoxy groups -OCH3 is 1. The molecule has 13 heavy (non-hydrogen) atoms. The summed E-state index contributed by atoms with van der Waals surface area (Å²) in [6.45, 7) is 4.44. The molecule has 0 saturated heterocycles. The predicted molar refractivity (Wildman–Crippen MR) is 53.5 cm³/mol. The van der Waals surface area contributed by atoms with Gasteiger partial charge in [0.25, 0.3) is 0 Å². The van der Waals surface area contributed by atoms with Crippen molar-refractivity contribution < 1.29 is 9.47 Å². The molecule has 0 aromatic rings. The molecule has 0 N–H and O–H groups in total. The monoisotopic (exact) mass is 182 g/mol. The van der Waals surface area contributed by atoms with Crippen molar-refractivity contribution in [3.63, 3.8) is 0 Å². The van der Waals surface area contributed by atoms with Crippen molar-refractivity contribution in [1.82, 2.24) is 0 Å². The Kier molecular flexibility index (Phi) is 4.79. The topological polar surface area (TPSA) is 18.5 Å². The molecule has 74 valence electrons. The third-order valence-corrected chi connectivity index (χ3v) is 2.19. The molecule has 2 heteroatoms. The van der Waals surface area contributed by atoms with Crippen LogP contribution in [-0.4, -0.2) is 20.0 Å². The first-order valence-corrected chi connectivity index (χ1v) is 4.81. The maximum atomic E-state index is 5.34. The maximum Gasteiger partial charge on any atom is 0.177 e. The van der Waals surface area contributed by atoms with Gasteiger partial charge in [0.15, 0.2) is 6.29 Å². The van der Waals surface area contributed by atoms with Gasteiger partial charge >= 0.3 is 0 Å². The summed E-state index contributed by atoms with van der Waals surface area (Å²) in [5.41, 5.74) is 1.37. The van der Waals surface area contributed by atoms with Gasteiger partial charge in [-0.1, -0.05) is 6.08 Å². The van der Waals surface area contributed by atoms with Crippen LogP contribution in [0.5, 0.6) is 0 Å². The molecule has 1 atom stereocenters. The average Bonchev–Trinajstić information content (AvgIpc) is 2.60. The molecule has 1 rings (SSSR count). The fourth-order valence-electron chi connectivity index (χ4n) is 1.41. The summed E-state index contributed by atoms with van der Waals surface area (Å²) >= 11 is 0. The first-order chi connectivity index (χ1) is 6.36. The summed E-state index contributed by atoms with van der Waals surface area (Å²) < 4.78 is 10.4. The van der Waals surface area contributed by atoms with Gasteiger partial charge in [-0.2, -0.15) is 0 Å². The second-order valence-electron chi connectivity index (χ2n) is 3.27.